The van der Waals surface area contributed by atoms with Crippen LogP contribution in [0, 0.1) is 11.3 Å². The van der Waals surface area contributed by atoms with Crippen LogP contribution in [0.5, 0.6) is 11.5 Å². The number of benzene rings is 2. The molecule has 6 heteroatoms. The number of nitrogens with one attached hydrogen (secondary N) is 1. The minimum absolute atomic E-state index is 0.0260. The maximum Gasteiger partial charge on any atom is 0.251 e. The molecule has 6 nitrogen and oxygen atoms in total. The first kappa shape index (κ1) is 21.0. The van der Waals surface area contributed by atoms with E-state index in [1.165, 1.54) is 0 Å². The van der Waals surface area contributed by atoms with Crippen molar-refractivity contribution in [2.45, 2.75) is 39.3 Å². The predicted molar refractivity (Wildman–Crippen MR) is 117 cm³/mol. The van der Waals surface area contributed by atoms with Crippen molar-refractivity contribution in [1.82, 2.24) is 10.5 Å². The monoisotopic (exact) mass is 420 g/mol. The third kappa shape index (κ3) is 4.74. The first-order valence-electron chi connectivity index (χ1n) is 10.5. The quantitative estimate of drug-likeness (QED) is 0.574. The molecule has 0 aliphatic heterocycles. The van der Waals surface area contributed by atoms with E-state index in [-0.39, 0.29) is 17.4 Å². The fourth-order valence-electron chi connectivity index (χ4n) is 4.03. The van der Waals surface area contributed by atoms with Crippen LogP contribution < -0.4 is 14.8 Å². The van der Waals surface area contributed by atoms with Gasteiger partial charge in [0.25, 0.3) is 5.91 Å². The topological polar surface area (TPSA) is 73.6 Å². The van der Waals surface area contributed by atoms with Gasteiger partial charge in [-0.2, -0.15) is 0 Å². The fraction of sp³-hybridized carbons (Fsp3) is 0.360. The zero-order valence-electron chi connectivity index (χ0n) is 18.1. The summed E-state index contributed by atoms with van der Waals surface area (Å²) in [6, 6.07) is 18.9. The summed E-state index contributed by atoms with van der Waals surface area (Å²) in [4.78, 5) is 12.6. The van der Waals surface area contributed by atoms with Crippen molar-refractivity contribution in [3.05, 3.63) is 77.7 Å². The molecule has 0 bridgehead atoms. The van der Waals surface area contributed by atoms with Crippen LogP contribution in [0.25, 0.3) is 0 Å². The van der Waals surface area contributed by atoms with Crippen molar-refractivity contribution in [2.24, 2.45) is 11.3 Å². The lowest BCUT2D eigenvalue weighted by Gasteiger charge is -2.52. The van der Waals surface area contributed by atoms with Gasteiger partial charge in [0, 0.05) is 17.7 Å². The Morgan fingerprint density at radius 1 is 1.13 bits per heavy atom. The van der Waals surface area contributed by atoms with Gasteiger partial charge in [0.15, 0.2) is 5.76 Å². The van der Waals surface area contributed by atoms with E-state index in [4.69, 9.17) is 14.0 Å². The molecule has 3 aromatic rings. The summed E-state index contributed by atoms with van der Waals surface area (Å²) in [7, 11) is 1.61. The number of nitrogens with zero attached hydrogens (tertiary/aromatic N) is 1. The molecule has 1 N–H and O–H groups in total. The van der Waals surface area contributed by atoms with E-state index >= 15 is 0 Å². The molecule has 1 aromatic heterocycles. The molecule has 162 valence electrons. The number of hydrogen-bond acceptors (Lipinski definition) is 5. The Labute approximate surface area is 182 Å². The highest BCUT2D eigenvalue weighted by atomic mass is 16.5. The number of aromatic nitrogens is 1. The van der Waals surface area contributed by atoms with E-state index in [1.807, 2.05) is 36.4 Å². The van der Waals surface area contributed by atoms with Gasteiger partial charge >= 0.3 is 0 Å². The largest absolute Gasteiger partial charge is 0.497 e. The molecule has 0 saturated heterocycles. The molecule has 1 saturated carbocycles. The summed E-state index contributed by atoms with van der Waals surface area (Å²) >= 11 is 0. The lowest BCUT2D eigenvalue weighted by Crippen LogP contribution is -2.58. The molecule has 1 aliphatic rings. The van der Waals surface area contributed by atoms with Gasteiger partial charge in [-0.1, -0.05) is 37.2 Å². The van der Waals surface area contributed by atoms with Gasteiger partial charge in [0.05, 0.1) is 12.8 Å². The Morgan fingerprint density at radius 2 is 1.87 bits per heavy atom. The first-order valence-corrected chi connectivity index (χ1v) is 10.5. The van der Waals surface area contributed by atoms with Gasteiger partial charge in [0.1, 0.15) is 18.1 Å². The first-order chi connectivity index (χ1) is 15.0. The average molecular weight is 421 g/mol. The number of methoxy groups -OCH3 is 1. The molecule has 0 spiro atoms. The molecular weight excluding hydrogens is 392 g/mol. The fourth-order valence-corrected chi connectivity index (χ4v) is 4.03. The van der Waals surface area contributed by atoms with Gasteiger partial charge in [-0.05, 0) is 60.6 Å². The molecule has 1 amide bonds. The molecule has 2 atom stereocenters. The summed E-state index contributed by atoms with van der Waals surface area (Å²) in [5.74, 6) is 2.61. The third-order valence-corrected chi connectivity index (χ3v) is 6.32. The van der Waals surface area contributed by atoms with Crippen molar-refractivity contribution in [3.63, 3.8) is 0 Å². The highest BCUT2D eigenvalue weighted by Gasteiger charge is 2.48. The third-order valence-electron chi connectivity index (χ3n) is 6.32. The maximum absolute atomic E-state index is 12.6. The number of ether oxygens (including phenoxy) is 2. The van der Waals surface area contributed by atoms with Crippen LogP contribution in [0.3, 0.4) is 0 Å². The van der Waals surface area contributed by atoms with Crippen LogP contribution in [-0.4, -0.2) is 24.2 Å². The molecule has 0 radical (unpaired) electrons. The Hall–Kier alpha value is -3.28. The molecule has 31 heavy (non-hydrogen) atoms. The minimum Gasteiger partial charge on any atom is -0.497 e. The van der Waals surface area contributed by atoms with Crippen molar-refractivity contribution < 1.29 is 18.8 Å². The lowest BCUT2D eigenvalue weighted by molar-refractivity contribution is 0.0138. The Bertz CT molecular complexity index is 1010. The molecular formula is C25H28N2O4. The van der Waals surface area contributed by atoms with Crippen molar-refractivity contribution in [3.8, 4) is 11.5 Å². The highest BCUT2D eigenvalue weighted by Crippen LogP contribution is 2.47. The Balaban J connectivity index is 1.29. The molecule has 2 aromatic carbocycles. The van der Waals surface area contributed by atoms with Crippen LogP contribution >= 0.6 is 0 Å². The summed E-state index contributed by atoms with van der Waals surface area (Å²) in [5, 5.41) is 7.39. The van der Waals surface area contributed by atoms with Crippen LogP contribution in [0.4, 0.5) is 0 Å². The van der Waals surface area contributed by atoms with Crippen molar-refractivity contribution in [1.29, 1.82) is 0 Å². The van der Waals surface area contributed by atoms with E-state index < -0.39 is 0 Å². The van der Waals surface area contributed by atoms with E-state index in [1.54, 1.807) is 31.4 Å². The van der Waals surface area contributed by atoms with E-state index in [0.717, 1.165) is 30.0 Å². The van der Waals surface area contributed by atoms with Gasteiger partial charge < -0.3 is 19.3 Å². The van der Waals surface area contributed by atoms with E-state index in [0.29, 0.717) is 23.8 Å². The standard InChI is InChI=1S/C25H28N2O4/c1-25(2)18(14-23(25)26-24(28)17-9-11-20(29-3)12-10-17)13-19-15-22(31-27-19)16-30-21-7-5-4-6-8-21/h4-12,15,18,23H,13-14,16H2,1-3H3,(H,26,28)/t18-,23+/m1/s1. The number of hydrogen-bond donors (Lipinski definition) is 1. The van der Waals surface area contributed by atoms with Crippen LogP contribution in [0.2, 0.25) is 0 Å². The van der Waals surface area contributed by atoms with Crippen molar-refractivity contribution >= 4 is 5.91 Å². The second-order valence-electron chi connectivity index (χ2n) is 8.60. The zero-order chi connectivity index (χ0) is 21.8. The molecule has 1 fully saturated rings. The number of para-hydroxylation sites is 1. The van der Waals surface area contributed by atoms with Crippen LogP contribution in [0.15, 0.2) is 65.2 Å². The average Bonchev–Trinajstić information content (AvgIpc) is 3.25. The number of carbonyl (C=O) groups excluding carboxylic acids is 1. The smallest absolute Gasteiger partial charge is 0.251 e. The molecule has 1 aliphatic carbocycles. The molecule has 0 unspecified atom stereocenters. The normalized spacial score (nSPS) is 19.3. The zero-order valence-corrected chi connectivity index (χ0v) is 18.1. The van der Waals surface area contributed by atoms with Gasteiger partial charge in [-0.25, -0.2) is 0 Å². The highest BCUT2D eigenvalue weighted by molar-refractivity contribution is 5.94. The SMILES string of the molecule is COc1ccc(C(=O)N[C@H]2C[C@@H](Cc3cc(COc4ccccc4)on3)C2(C)C)cc1. The predicted octanol–water partition coefficient (Wildman–Crippen LogP) is 4.65. The Morgan fingerprint density at radius 3 is 2.55 bits per heavy atom. The van der Waals surface area contributed by atoms with E-state index in [2.05, 4.69) is 24.3 Å². The second-order valence-corrected chi connectivity index (χ2v) is 8.60. The van der Waals surface area contributed by atoms with E-state index in [9.17, 15) is 4.79 Å². The summed E-state index contributed by atoms with van der Waals surface area (Å²) in [6.45, 7) is 4.74. The minimum atomic E-state index is -0.0547. The summed E-state index contributed by atoms with van der Waals surface area (Å²) < 4.78 is 16.3. The number of rotatable bonds is 8. The van der Waals surface area contributed by atoms with Crippen LogP contribution in [-0.2, 0) is 13.0 Å². The molecule has 4 rings (SSSR count). The Kier molecular flexibility index (Phi) is 5.98. The number of amides is 1. The summed E-state index contributed by atoms with van der Waals surface area (Å²) in [5.41, 5.74) is 1.53. The van der Waals surface area contributed by atoms with Crippen LogP contribution in [0.1, 0.15) is 42.1 Å². The number of carbonyl (C=O) groups is 1. The molecule has 1 heterocycles. The van der Waals surface area contributed by atoms with Crippen molar-refractivity contribution in [2.75, 3.05) is 7.11 Å². The summed E-state index contributed by atoms with van der Waals surface area (Å²) in [6.07, 6.45) is 1.73. The second kappa shape index (κ2) is 8.84. The van der Waals surface area contributed by atoms with Gasteiger partial charge in [-0.15, -0.1) is 0 Å². The maximum atomic E-state index is 12.6. The van der Waals surface area contributed by atoms with Gasteiger partial charge in [0.2, 0.25) is 0 Å². The lowest BCUT2D eigenvalue weighted by atomic mass is 9.57. The van der Waals surface area contributed by atoms with Gasteiger partial charge in [-0.3, -0.25) is 4.79 Å².